The summed E-state index contributed by atoms with van der Waals surface area (Å²) in [6.07, 6.45) is 8.48. The number of hydrogen-bond donors (Lipinski definition) is 1. The van der Waals surface area contributed by atoms with Crippen LogP contribution in [0.15, 0.2) is 0 Å². The summed E-state index contributed by atoms with van der Waals surface area (Å²) in [5.41, 5.74) is 6.51. The molecule has 0 heterocycles. The molecule has 3 aliphatic carbocycles. The molecule has 18 heavy (non-hydrogen) atoms. The quantitative estimate of drug-likeness (QED) is 0.813. The summed E-state index contributed by atoms with van der Waals surface area (Å²) in [6, 6.07) is 1.09. The van der Waals surface area contributed by atoms with Gasteiger partial charge in [-0.3, -0.25) is 4.90 Å². The Labute approximate surface area is 112 Å². The standard InChI is InChI=1S/C16H30N2/c1-11-7-12(2)16(15(17)8-11)18(9-13-3-4-13)10-14-5-6-14/h11-16H,3-10,17H2,1-2H3. The molecule has 2 nitrogen and oxygen atoms in total. The lowest BCUT2D eigenvalue weighted by Crippen LogP contribution is -2.55. The van der Waals surface area contributed by atoms with Crippen LogP contribution in [-0.2, 0) is 0 Å². The Morgan fingerprint density at radius 2 is 1.50 bits per heavy atom. The summed E-state index contributed by atoms with van der Waals surface area (Å²) in [5, 5.41) is 0. The van der Waals surface area contributed by atoms with Crippen molar-refractivity contribution >= 4 is 0 Å². The maximum Gasteiger partial charge on any atom is 0.0273 e. The zero-order chi connectivity index (χ0) is 12.7. The van der Waals surface area contributed by atoms with Gasteiger partial charge in [-0.1, -0.05) is 13.8 Å². The molecule has 0 aromatic carbocycles. The van der Waals surface area contributed by atoms with Crippen molar-refractivity contribution in [3.8, 4) is 0 Å². The van der Waals surface area contributed by atoms with Crippen LogP contribution in [0.25, 0.3) is 0 Å². The molecule has 4 atom stereocenters. The fraction of sp³-hybridized carbons (Fsp3) is 1.00. The van der Waals surface area contributed by atoms with Crippen LogP contribution in [0.3, 0.4) is 0 Å². The molecule has 2 heteroatoms. The van der Waals surface area contributed by atoms with Crippen LogP contribution in [-0.4, -0.2) is 30.1 Å². The summed E-state index contributed by atoms with van der Waals surface area (Å²) in [5.74, 6) is 3.63. The lowest BCUT2D eigenvalue weighted by atomic mass is 9.76. The van der Waals surface area contributed by atoms with E-state index in [1.165, 1.54) is 51.6 Å². The van der Waals surface area contributed by atoms with E-state index in [4.69, 9.17) is 5.73 Å². The second-order valence-corrected chi connectivity index (χ2v) is 7.55. The molecule has 0 aliphatic heterocycles. The average Bonchev–Trinajstić information content (AvgIpc) is 3.10. The van der Waals surface area contributed by atoms with E-state index in [9.17, 15) is 0 Å². The summed E-state index contributed by atoms with van der Waals surface area (Å²) < 4.78 is 0. The van der Waals surface area contributed by atoms with Crippen molar-refractivity contribution in [2.45, 2.75) is 64.5 Å². The minimum atomic E-state index is 0.418. The Morgan fingerprint density at radius 3 is 1.94 bits per heavy atom. The van der Waals surface area contributed by atoms with Crippen LogP contribution in [0.2, 0.25) is 0 Å². The largest absolute Gasteiger partial charge is 0.326 e. The SMILES string of the molecule is CC1CC(C)C(N(CC2CC2)CC2CC2)C(N)C1. The molecular formula is C16H30N2. The molecular weight excluding hydrogens is 220 g/mol. The molecule has 0 spiro atoms. The van der Waals surface area contributed by atoms with Gasteiger partial charge in [0.1, 0.15) is 0 Å². The van der Waals surface area contributed by atoms with Gasteiger partial charge in [0.25, 0.3) is 0 Å². The maximum absolute atomic E-state index is 6.51. The monoisotopic (exact) mass is 250 g/mol. The van der Waals surface area contributed by atoms with Crippen molar-refractivity contribution in [2.24, 2.45) is 29.4 Å². The molecule has 3 rings (SSSR count). The fourth-order valence-corrected chi connectivity index (χ4v) is 4.11. The van der Waals surface area contributed by atoms with Crippen molar-refractivity contribution in [3.05, 3.63) is 0 Å². The summed E-state index contributed by atoms with van der Waals surface area (Å²) in [7, 11) is 0. The van der Waals surface area contributed by atoms with Crippen LogP contribution < -0.4 is 5.73 Å². The van der Waals surface area contributed by atoms with Gasteiger partial charge in [0.2, 0.25) is 0 Å². The van der Waals surface area contributed by atoms with E-state index in [1.54, 1.807) is 0 Å². The highest BCUT2D eigenvalue weighted by atomic mass is 15.2. The van der Waals surface area contributed by atoms with Gasteiger partial charge in [0.05, 0.1) is 0 Å². The van der Waals surface area contributed by atoms with Gasteiger partial charge in [-0.2, -0.15) is 0 Å². The summed E-state index contributed by atoms with van der Waals surface area (Å²) >= 11 is 0. The molecule has 0 amide bonds. The van der Waals surface area contributed by atoms with E-state index in [2.05, 4.69) is 18.7 Å². The first-order chi connectivity index (χ1) is 8.63. The summed E-state index contributed by atoms with van der Waals surface area (Å²) in [6.45, 7) is 7.49. The highest BCUT2D eigenvalue weighted by molar-refractivity contribution is 4.95. The molecule has 4 unspecified atom stereocenters. The minimum Gasteiger partial charge on any atom is -0.326 e. The number of hydrogen-bond acceptors (Lipinski definition) is 2. The highest BCUT2D eigenvalue weighted by Gasteiger charge is 2.39. The van der Waals surface area contributed by atoms with Crippen molar-refractivity contribution in [1.29, 1.82) is 0 Å². The third-order valence-corrected chi connectivity index (χ3v) is 5.27. The minimum absolute atomic E-state index is 0.418. The second-order valence-electron chi connectivity index (χ2n) is 7.55. The number of nitrogens with two attached hydrogens (primary N) is 1. The average molecular weight is 250 g/mol. The van der Waals surface area contributed by atoms with Gasteiger partial charge in [-0.15, -0.1) is 0 Å². The van der Waals surface area contributed by atoms with Gasteiger partial charge >= 0.3 is 0 Å². The van der Waals surface area contributed by atoms with E-state index < -0.39 is 0 Å². The van der Waals surface area contributed by atoms with E-state index >= 15 is 0 Å². The number of rotatable bonds is 5. The van der Waals surface area contributed by atoms with Crippen molar-refractivity contribution < 1.29 is 0 Å². The molecule has 3 fully saturated rings. The lowest BCUT2D eigenvalue weighted by Gasteiger charge is -2.44. The van der Waals surface area contributed by atoms with Crippen LogP contribution in [0.5, 0.6) is 0 Å². The Morgan fingerprint density at radius 1 is 0.944 bits per heavy atom. The van der Waals surface area contributed by atoms with E-state index in [0.717, 1.165) is 23.7 Å². The molecule has 0 saturated heterocycles. The maximum atomic E-state index is 6.51. The molecule has 2 N–H and O–H groups in total. The summed E-state index contributed by atoms with van der Waals surface area (Å²) in [4.78, 5) is 2.80. The fourth-order valence-electron chi connectivity index (χ4n) is 4.11. The van der Waals surface area contributed by atoms with Crippen molar-refractivity contribution in [1.82, 2.24) is 4.90 Å². The third-order valence-electron chi connectivity index (χ3n) is 5.27. The third kappa shape index (κ3) is 3.08. The van der Waals surface area contributed by atoms with Gasteiger partial charge < -0.3 is 5.73 Å². The first-order valence-corrected chi connectivity index (χ1v) is 8.13. The smallest absolute Gasteiger partial charge is 0.0273 e. The molecule has 3 aliphatic rings. The molecule has 3 saturated carbocycles. The van der Waals surface area contributed by atoms with E-state index in [-0.39, 0.29) is 0 Å². The molecule has 0 aromatic rings. The Balaban J connectivity index is 1.65. The van der Waals surface area contributed by atoms with Crippen molar-refractivity contribution in [3.63, 3.8) is 0 Å². The van der Waals surface area contributed by atoms with Crippen LogP contribution >= 0.6 is 0 Å². The first kappa shape index (κ1) is 12.9. The van der Waals surface area contributed by atoms with E-state index in [1.807, 2.05) is 0 Å². The first-order valence-electron chi connectivity index (χ1n) is 8.13. The van der Waals surface area contributed by atoms with Gasteiger partial charge in [-0.05, 0) is 62.2 Å². The Bertz CT molecular complexity index is 257. The molecule has 104 valence electrons. The predicted octanol–water partition coefficient (Wildman–Crippen LogP) is 2.87. The van der Waals surface area contributed by atoms with Gasteiger partial charge in [0.15, 0.2) is 0 Å². The molecule has 0 radical (unpaired) electrons. The van der Waals surface area contributed by atoms with Gasteiger partial charge in [0, 0.05) is 25.2 Å². The van der Waals surface area contributed by atoms with Gasteiger partial charge in [-0.25, -0.2) is 0 Å². The number of nitrogens with zero attached hydrogens (tertiary/aromatic N) is 1. The van der Waals surface area contributed by atoms with Crippen molar-refractivity contribution in [2.75, 3.05) is 13.1 Å². The Kier molecular flexibility index (Phi) is 3.68. The zero-order valence-electron chi connectivity index (χ0n) is 12.1. The van der Waals surface area contributed by atoms with Crippen LogP contribution in [0.1, 0.15) is 52.4 Å². The Hall–Kier alpha value is -0.0800. The second kappa shape index (κ2) is 5.13. The highest BCUT2D eigenvalue weighted by Crippen LogP contribution is 2.38. The predicted molar refractivity (Wildman–Crippen MR) is 76.3 cm³/mol. The lowest BCUT2D eigenvalue weighted by molar-refractivity contribution is 0.0675. The van der Waals surface area contributed by atoms with Crippen LogP contribution in [0, 0.1) is 23.7 Å². The zero-order valence-corrected chi connectivity index (χ0v) is 12.1. The topological polar surface area (TPSA) is 29.3 Å². The molecule has 0 bridgehead atoms. The van der Waals surface area contributed by atoms with E-state index in [0.29, 0.717) is 12.1 Å². The van der Waals surface area contributed by atoms with Crippen LogP contribution in [0.4, 0.5) is 0 Å². The molecule has 0 aromatic heterocycles. The normalized spacial score (nSPS) is 41.3.